The minimum atomic E-state index is -1.60. The molecule has 0 aliphatic heterocycles. The van der Waals surface area contributed by atoms with Gasteiger partial charge >= 0.3 is 0 Å². The SMILES string of the molecule is CC.CCC(=O)c1ccc(F)c(F)c1F. The summed E-state index contributed by atoms with van der Waals surface area (Å²) in [5.74, 6) is -4.84. The van der Waals surface area contributed by atoms with Gasteiger partial charge in [-0.25, -0.2) is 13.2 Å². The fraction of sp³-hybridized carbons (Fsp3) is 0.364. The first-order valence-electron chi connectivity index (χ1n) is 4.74. The molecule has 1 rings (SSSR count). The van der Waals surface area contributed by atoms with Gasteiger partial charge in [-0.2, -0.15) is 0 Å². The average molecular weight is 218 g/mol. The van der Waals surface area contributed by atoms with Gasteiger partial charge in [0.15, 0.2) is 23.2 Å². The Balaban J connectivity index is 0.000000921. The minimum absolute atomic E-state index is 0.0575. The van der Waals surface area contributed by atoms with Crippen LogP contribution in [0.3, 0.4) is 0 Å². The van der Waals surface area contributed by atoms with Crippen LogP contribution in [-0.4, -0.2) is 5.78 Å². The fourth-order valence-corrected chi connectivity index (χ4v) is 0.932. The van der Waals surface area contributed by atoms with E-state index in [1.54, 1.807) is 0 Å². The number of hydrogen-bond donors (Lipinski definition) is 0. The van der Waals surface area contributed by atoms with Crippen molar-refractivity contribution >= 4 is 5.78 Å². The van der Waals surface area contributed by atoms with Gasteiger partial charge in [0.1, 0.15) is 0 Å². The van der Waals surface area contributed by atoms with Gasteiger partial charge in [-0.3, -0.25) is 4.79 Å². The molecule has 0 N–H and O–H groups in total. The number of benzene rings is 1. The summed E-state index contributed by atoms with van der Waals surface area (Å²) < 4.78 is 37.9. The van der Waals surface area contributed by atoms with Crippen LogP contribution in [0.1, 0.15) is 37.6 Å². The molecule has 0 radical (unpaired) electrons. The number of ketones is 1. The van der Waals surface area contributed by atoms with E-state index in [1.807, 2.05) is 13.8 Å². The van der Waals surface area contributed by atoms with Gasteiger partial charge < -0.3 is 0 Å². The number of halogens is 3. The first-order chi connectivity index (χ1) is 7.07. The molecule has 0 spiro atoms. The van der Waals surface area contributed by atoms with Crippen LogP contribution in [0.25, 0.3) is 0 Å². The molecule has 0 amide bonds. The van der Waals surface area contributed by atoms with Crippen molar-refractivity contribution in [2.75, 3.05) is 0 Å². The Kier molecular flexibility index (Phi) is 5.67. The molecule has 0 aliphatic rings. The molecule has 0 fully saturated rings. The first-order valence-corrected chi connectivity index (χ1v) is 4.74. The van der Waals surface area contributed by atoms with Gasteiger partial charge in [0.25, 0.3) is 0 Å². The monoisotopic (exact) mass is 218 g/mol. The van der Waals surface area contributed by atoms with Gasteiger partial charge in [-0.05, 0) is 12.1 Å². The number of Topliss-reactive ketones (excluding diaryl/α,β-unsaturated/α-hetero) is 1. The van der Waals surface area contributed by atoms with Crippen molar-refractivity contribution in [2.45, 2.75) is 27.2 Å². The van der Waals surface area contributed by atoms with Gasteiger partial charge in [0.05, 0.1) is 5.56 Å². The largest absolute Gasteiger partial charge is 0.294 e. The van der Waals surface area contributed by atoms with Crippen LogP contribution in [0.4, 0.5) is 13.2 Å². The molecule has 1 aromatic carbocycles. The van der Waals surface area contributed by atoms with Crippen LogP contribution in [0.15, 0.2) is 12.1 Å². The highest BCUT2D eigenvalue weighted by Crippen LogP contribution is 2.16. The molecule has 1 aromatic rings. The van der Waals surface area contributed by atoms with Gasteiger partial charge in [-0.1, -0.05) is 20.8 Å². The predicted molar refractivity (Wildman–Crippen MR) is 52.3 cm³/mol. The molecule has 0 saturated heterocycles. The van der Waals surface area contributed by atoms with Crippen molar-refractivity contribution in [2.24, 2.45) is 0 Å². The molecule has 0 aliphatic carbocycles. The van der Waals surface area contributed by atoms with Crippen LogP contribution >= 0.6 is 0 Å². The van der Waals surface area contributed by atoms with Gasteiger partial charge in [0, 0.05) is 6.42 Å². The highest BCUT2D eigenvalue weighted by molar-refractivity contribution is 5.96. The van der Waals surface area contributed by atoms with E-state index in [2.05, 4.69) is 0 Å². The lowest BCUT2D eigenvalue weighted by Crippen LogP contribution is -2.04. The molecule has 0 atom stereocenters. The minimum Gasteiger partial charge on any atom is -0.294 e. The second-order valence-corrected chi connectivity index (χ2v) is 2.50. The van der Waals surface area contributed by atoms with E-state index < -0.39 is 28.8 Å². The Morgan fingerprint density at radius 2 is 1.67 bits per heavy atom. The first kappa shape index (κ1) is 13.7. The highest BCUT2D eigenvalue weighted by Gasteiger charge is 2.16. The Bertz CT molecular complexity index is 348. The molecule has 0 unspecified atom stereocenters. The van der Waals surface area contributed by atoms with Gasteiger partial charge in [-0.15, -0.1) is 0 Å². The van der Waals surface area contributed by atoms with Crippen molar-refractivity contribution in [3.8, 4) is 0 Å². The molecular formula is C11H13F3O. The van der Waals surface area contributed by atoms with Crippen molar-refractivity contribution in [3.05, 3.63) is 35.1 Å². The third-order valence-corrected chi connectivity index (χ3v) is 1.66. The molecule has 84 valence electrons. The standard InChI is InChI=1S/C9H7F3O.C2H6/c1-2-7(13)5-3-4-6(10)9(12)8(5)11;1-2/h3-4H,2H2,1H3;1-2H3. The van der Waals surface area contributed by atoms with Crippen molar-refractivity contribution in [3.63, 3.8) is 0 Å². The summed E-state index contributed by atoms with van der Waals surface area (Å²) in [6.45, 7) is 5.52. The lowest BCUT2D eigenvalue weighted by molar-refractivity contribution is 0.0983. The second-order valence-electron chi connectivity index (χ2n) is 2.50. The Morgan fingerprint density at radius 3 is 2.13 bits per heavy atom. The molecule has 4 heteroatoms. The van der Waals surface area contributed by atoms with E-state index in [0.29, 0.717) is 0 Å². The molecule has 0 bridgehead atoms. The summed E-state index contributed by atoms with van der Waals surface area (Å²) >= 11 is 0. The third-order valence-electron chi connectivity index (χ3n) is 1.66. The maximum atomic E-state index is 12.9. The van der Waals surface area contributed by atoms with Crippen LogP contribution in [0, 0.1) is 17.5 Å². The van der Waals surface area contributed by atoms with Crippen LogP contribution in [-0.2, 0) is 0 Å². The predicted octanol–water partition coefficient (Wildman–Crippen LogP) is 3.72. The third kappa shape index (κ3) is 3.08. The number of carbonyl (C=O) groups is 1. The number of hydrogen-bond acceptors (Lipinski definition) is 1. The second kappa shape index (κ2) is 6.22. The molecule has 0 heterocycles. The normalized spacial score (nSPS) is 9.20. The molecule has 0 aromatic heterocycles. The van der Waals surface area contributed by atoms with E-state index >= 15 is 0 Å². The smallest absolute Gasteiger partial charge is 0.195 e. The van der Waals surface area contributed by atoms with Crippen LogP contribution in [0.2, 0.25) is 0 Å². The Hall–Kier alpha value is -1.32. The molecule has 15 heavy (non-hydrogen) atoms. The van der Waals surface area contributed by atoms with Crippen LogP contribution in [0.5, 0.6) is 0 Å². The van der Waals surface area contributed by atoms with Crippen molar-refractivity contribution in [1.29, 1.82) is 0 Å². The Morgan fingerprint density at radius 1 is 1.13 bits per heavy atom. The maximum absolute atomic E-state index is 12.9. The summed E-state index contributed by atoms with van der Waals surface area (Å²) in [5.41, 5.74) is -0.401. The summed E-state index contributed by atoms with van der Waals surface area (Å²) in [4.78, 5) is 11.0. The highest BCUT2D eigenvalue weighted by atomic mass is 19.2. The molecule has 1 nitrogen and oxygen atoms in total. The van der Waals surface area contributed by atoms with E-state index in [0.717, 1.165) is 12.1 Å². The van der Waals surface area contributed by atoms with E-state index in [1.165, 1.54) is 6.92 Å². The zero-order valence-electron chi connectivity index (χ0n) is 8.90. The molecule has 0 saturated carbocycles. The zero-order valence-corrected chi connectivity index (χ0v) is 8.90. The quantitative estimate of drug-likeness (QED) is 0.546. The summed E-state index contributed by atoms with van der Waals surface area (Å²) in [7, 11) is 0. The van der Waals surface area contributed by atoms with Crippen molar-refractivity contribution < 1.29 is 18.0 Å². The van der Waals surface area contributed by atoms with E-state index in [-0.39, 0.29) is 6.42 Å². The Labute approximate surface area is 86.9 Å². The van der Waals surface area contributed by atoms with E-state index in [9.17, 15) is 18.0 Å². The van der Waals surface area contributed by atoms with Gasteiger partial charge in [0.2, 0.25) is 0 Å². The average Bonchev–Trinajstić information content (AvgIpc) is 2.28. The number of carbonyl (C=O) groups excluding carboxylic acids is 1. The van der Waals surface area contributed by atoms with Crippen molar-refractivity contribution in [1.82, 2.24) is 0 Å². The lowest BCUT2D eigenvalue weighted by Gasteiger charge is -2.01. The topological polar surface area (TPSA) is 17.1 Å². The molecular weight excluding hydrogens is 205 g/mol. The van der Waals surface area contributed by atoms with Crippen LogP contribution < -0.4 is 0 Å². The number of rotatable bonds is 2. The van der Waals surface area contributed by atoms with E-state index in [4.69, 9.17) is 0 Å². The lowest BCUT2D eigenvalue weighted by atomic mass is 10.1. The fourth-order valence-electron chi connectivity index (χ4n) is 0.932. The zero-order chi connectivity index (χ0) is 12.0. The summed E-state index contributed by atoms with van der Waals surface area (Å²) in [6, 6.07) is 1.68. The summed E-state index contributed by atoms with van der Waals surface area (Å²) in [6.07, 6.45) is 0.0575. The maximum Gasteiger partial charge on any atom is 0.195 e. The summed E-state index contributed by atoms with van der Waals surface area (Å²) in [5, 5.41) is 0.